The van der Waals surface area contributed by atoms with Crippen molar-refractivity contribution in [3.05, 3.63) is 19.2 Å². The van der Waals surface area contributed by atoms with Crippen LogP contribution in [0.5, 0.6) is 0 Å². The van der Waals surface area contributed by atoms with Crippen LogP contribution in [0.2, 0.25) is 0 Å². The fraction of sp³-hybridized carbons (Fsp3) is 0.571. The predicted octanol–water partition coefficient (Wildman–Crippen LogP) is 3.93. The third kappa shape index (κ3) is 4.53. The average Bonchev–Trinajstić information content (AvgIpc) is 2.74. The molecule has 2 heterocycles. The monoisotopic (exact) mass is 437 g/mol. The highest BCUT2D eigenvalue weighted by Crippen LogP contribution is 2.32. The third-order valence-electron chi connectivity index (χ3n) is 3.39. The summed E-state index contributed by atoms with van der Waals surface area (Å²) in [6, 6.07) is 1.69. The molecule has 1 amide bonds. The highest BCUT2D eigenvalue weighted by Gasteiger charge is 2.26. The minimum atomic E-state index is -0.460. The largest absolute Gasteiger partial charge is 0.451 e. The van der Waals surface area contributed by atoms with E-state index in [9.17, 15) is 9.59 Å². The van der Waals surface area contributed by atoms with Crippen molar-refractivity contribution in [1.82, 2.24) is 4.90 Å². The summed E-state index contributed by atoms with van der Waals surface area (Å²) in [4.78, 5) is 26.3. The lowest BCUT2D eigenvalue weighted by Crippen LogP contribution is -2.44. The van der Waals surface area contributed by atoms with Gasteiger partial charge in [-0.2, -0.15) is 0 Å². The van der Waals surface area contributed by atoms with Gasteiger partial charge < -0.3 is 9.64 Å². The quantitative estimate of drug-likeness (QED) is 0.671. The van der Waals surface area contributed by atoms with E-state index in [-0.39, 0.29) is 12.5 Å². The SMILES string of the molecule is CC1CC(C)CN(C(=O)COC(=O)c2cc(Br)c(Br)s2)C1. The number of likely N-dealkylation sites (tertiary alicyclic amines) is 1. The number of ether oxygens (including phenoxy) is 1. The molecule has 1 aliphatic heterocycles. The first-order valence-electron chi connectivity index (χ1n) is 6.76. The number of carbonyl (C=O) groups excluding carboxylic acids is 2. The molecule has 4 nitrogen and oxygen atoms in total. The van der Waals surface area contributed by atoms with Crippen molar-refractivity contribution in [2.45, 2.75) is 20.3 Å². The molecule has 1 aromatic rings. The maximum atomic E-state index is 12.1. The first kappa shape index (κ1) is 17.0. The zero-order chi connectivity index (χ0) is 15.6. The number of amides is 1. The molecule has 0 radical (unpaired) electrons. The first-order chi connectivity index (χ1) is 9.86. The van der Waals surface area contributed by atoms with Gasteiger partial charge in [0.1, 0.15) is 4.88 Å². The number of thiophene rings is 1. The fourth-order valence-electron chi connectivity index (χ4n) is 2.60. The molecule has 0 N–H and O–H groups in total. The van der Waals surface area contributed by atoms with Gasteiger partial charge in [0.15, 0.2) is 6.61 Å². The maximum absolute atomic E-state index is 12.1. The van der Waals surface area contributed by atoms with Gasteiger partial charge in [-0.1, -0.05) is 13.8 Å². The Morgan fingerprint density at radius 1 is 1.33 bits per heavy atom. The van der Waals surface area contributed by atoms with Gasteiger partial charge in [-0.3, -0.25) is 4.79 Å². The van der Waals surface area contributed by atoms with Gasteiger partial charge in [-0.05, 0) is 56.2 Å². The Labute approximate surface area is 145 Å². The van der Waals surface area contributed by atoms with E-state index in [2.05, 4.69) is 45.7 Å². The van der Waals surface area contributed by atoms with Crippen LogP contribution in [0, 0.1) is 11.8 Å². The van der Waals surface area contributed by atoms with Gasteiger partial charge in [0.2, 0.25) is 0 Å². The van der Waals surface area contributed by atoms with Gasteiger partial charge in [0, 0.05) is 17.6 Å². The summed E-state index contributed by atoms with van der Waals surface area (Å²) in [7, 11) is 0. The lowest BCUT2D eigenvalue weighted by Gasteiger charge is -2.34. The van der Waals surface area contributed by atoms with E-state index in [1.807, 2.05) is 0 Å². The maximum Gasteiger partial charge on any atom is 0.348 e. The minimum absolute atomic E-state index is 0.114. The Balaban J connectivity index is 1.87. The van der Waals surface area contributed by atoms with E-state index < -0.39 is 5.97 Å². The van der Waals surface area contributed by atoms with Gasteiger partial charge in [-0.15, -0.1) is 11.3 Å². The zero-order valence-electron chi connectivity index (χ0n) is 11.9. The molecule has 1 aromatic heterocycles. The summed E-state index contributed by atoms with van der Waals surface area (Å²) < 4.78 is 6.76. The number of piperidine rings is 1. The van der Waals surface area contributed by atoms with E-state index in [1.54, 1.807) is 11.0 Å². The minimum Gasteiger partial charge on any atom is -0.451 e. The molecule has 116 valence electrons. The lowest BCUT2D eigenvalue weighted by atomic mass is 9.92. The van der Waals surface area contributed by atoms with Crippen molar-refractivity contribution in [3.8, 4) is 0 Å². The average molecular weight is 439 g/mol. The molecule has 0 bridgehead atoms. The van der Waals surface area contributed by atoms with Gasteiger partial charge in [0.05, 0.1) is 3.79 Å². The molecule has 0 aliphatic carbocycles. The van der Waals surface area contributed by atoms with Crippen molar-refractivity contribution in [2.24, 2.45) is 11.8 Å². The van der Waals surface area contributed by atoms with E-state index in [0.717, 1.165) is 27.8 Å². The van der Waals surface area contributed by atoms with Gasteiger partial charge in [-0.25, -0.2) is 4.79 Å². The molecular weight excluding hydrogens is 422 g/mol. The van der Waals surface area contributed by atoms with Crippen LogP contribution in [0.25, 0.3) is 0 Å². The summed E-state index contributed by atoms with van der Waals surface area (Å²) >= 11 is 7.93. The Morgan fingerprint density at radius 3 is 2.48 bits per heavy atom. The molecule has 1 fully saturated rings. The number of rotatable bonds is 3. The molecule has 2 atom stereocenters. The van der Waals surface area contributed by atoms with Crippen LogP contribution >= 0.6 is 43.2 Å². The van der Waals surface area contributed by atoms with Crippen molar-refractivity contribution in [1.29, 1.82) is 0 Å². The summed E-state index contributed by atoms with van der Waals surface area (Å²) in [5.41, 5.74) is 0. The summed E-state index contributed by atoms with van der Waals surface area (Å²) in [6.45, 7) is 5.59. The number of esters is 1. The van der Waals surface area contributed by atoms with E-state index >= 15 is 0 Å². The predicted molar refractivity (Wildman–Crippen MR) is 89.5 cm³/mol. The number of carbonyl (C=O) groups is 2. The molecule has 1 saturated heterocycles. The normalized spacial score (nSPS) is 22.2. The lowest BCUT2D eigenvalue weighted by molar-refractivity contribution is -0.137. The Kier molecular flexibility index (Phi) is 5.85. The van der Waals surface area contributed by atoms with Crippen LogP contribution in [0.3, 0.4) is 0 Å². The molecule has 0 spiro atoms. The number of hydrogen-bond donors (Lipinski definition) is 0. The van der Waals surface area contributed by atoms with Crippen molar-refractivity contribution in [3.63, 3.8) is 0 Å². The second-order valence-corrected chi connectivity index (χ2v) is 8.78. The van der Waals surface area contributed by atoms with E-state index in [0.29, 0.717) is 16.7 Å². The molecule has 2 unspecified atom stereocenters. The third-order valence-corrected chi connectivity index (χ3v) is 6.63. The summed E-state index contributed by atoms with van der Waals surface area (Å²) in [5, 5.41) is 0. The molecule has 1 aliphatic rings. The smallest absolute Gasteiger partial charge is 0.348 e. The van der Waals surface area contributed by atoms with Crippen molar-refractivity contribution >= 4 is 55.1 Å². The second-order valence-electron chi connectivity index (χ2n) is 5.55. The number of hydrogen-bond acceptors (Lipinski definition) is 4. The Bertz CT molecular complexity index is 517. The van der Waals surface area contributed by atoms with Crippen LogP contribution in [-0.4, -0.2) is 36.5 Å². The second kappa shape index (κ2) is 7.24. The highest BCUT2D eigenvalue weighted by molar-refractivity contribution is 9.13. The molecule has 0 saturated carbocycles. The summed E-state index contributed by atoms with van der Waals surface area (Å²) in [5.74, 6) is 0.421. The topological polar surface area (TPSA) is 46.6 Å². The van der Waals surface area contributed by atoms with Crippen LogP contribution in [-0.2, 0) is 9.53 Å². The van der Waals surface area contributed by atoms with Crippen molar-refractivity contribution in [2.75, 3.05) is 19.7 Å². The Hall–Kier alpha value is -0.400. The Morgan fingerprint density at radius 2 is 1.95 bits per heavy atom. The van der Waals surface area contributed by atoms with E-state index in [1.165, 1.54) is 11.3 Å². The first-order valence-corrected chi connectivity index (χ1v) is 9.16. The molecule has 0 aromatic carbocycles. The van der Waals surface area contributed by atoms with Crippen molar-refractivity contribution < 1.29 is 14.3 Å². The van der Waals surface area contributed by atoms with Gasteiger partial charge in [0.25, 0.3) is 5.91 Å². The molecule has 7 heteroatoms. The molecular formula is C14H17Br2NO3S. The van der Waals surface area contributed by atoms with Crippen LogP contribution in [0.1, 0.15) is 29.9 Å². The van der Waals surface area contributed by atoms with Crippen LogP contribution < -0.4 is 0 Å². The number of halogens is 2. The molecule has 21 heavy (non-hydrogen) atoms. The standard InChI is InChI=1S/C14H17Br2NO3S/c1-8-3-9(2)6-17(5-8)12(18)7-20-14(19)11-4-10(15)13(16)21-11/h4,8-9H,3,5-7H2,1-2H3. The highest BCUT2D eigenvalue weighted by atomic mass is 79.9. The van der Waals surface area contributed by atoms with Crippen LogP contribution in [0.15, 0.2) is 14.3 Å². The number of nitrogens with zero attached hydrogens (tertiary/aromatic N) is 1. The fourth-order valence-corrected chi connectivity index (χ4v) is 4.53. The van der Waals surface area contributed by atoms with E-state index in [4.69, 9.17) is 4.74 Å². The van der Waals surface area contributed by atoms with Crippen LogP contribution in [0.4, 0.5) is 0 Å². The zero-order valence-corrected chi connectivity index (χ0v) is 15.9. The van der Waals surface area contributed by atoms with Gasteiger partial charge >= 0.3 is 5.97 Å². The summed E-state index contributed by atoms with van der Waals surface area (Å²) in [6.07, 6.45) is 1.14. The molecule has 2 rings (SSSR count).